The van der Waals surface area contributed by atoms with Crippen molar-refractivity contribution in [3.63, 3.8) is 0 Å². The van der Waals surface area contributed by atoms with Gasteiger partial charge in [-0.1, -0.05) is 0 Å². The lowest BCUT2D eigenvalue weighted by molar-refractivity contribution is 0.269. The molecule has 20 heavy (non-hydrogen) atoms. The van der Waals surface area contributed by atoms with Crippen molar-refractivity contribution in [1.29, 1.82) is 0 Å². The Morgan fingerprint density at radius 2 is 2.00 bits per heavy atom. The minimum absolute atomic E-state index is 0.0661. The van der Waals surface area contributed by atoms with Crippen molar-refractivity contribution in [3.8, 4) is 0 Å². The minimum Gasteiger partial charge on any atom is -0.381 e. The second-order valence-electron chi connectivity index (χ2n) is 5.69. The van der Waals surface area contributed by atoms with Gasteiger partial charge in [-0.2, -0.15) is 5.10 Å². The zero-order valence-electron chi connectivity index (χ0n) is 12.4. The van der Waals surface area contributed by atoms with Crippen LogP contribution in [0.5, 0.6) is 0 Å². The number of hydrogen-bond donors (Lipinski definition) is 1. The molecule has 0 spiro atoms. The van der Waals surface area contributed by atoms with Gasteiger partial charge < -0.3 is 5.32 Å². The first-order valence-corrected chi connectivity index (χ1v) is 8.05. The van der Waals surface area contributed by atoms with Gasteiger partial charge in [0.05, 0.1) is 17.9 Å². The third-order valence-electron chi connectivity index (χ3n) is 3.78. The van der Waals surface area contributed by atoms with Gasteiger partial charge in [-0.3, -0.25) is 9.69 Å². The first-order chi connectivity index (χ1) is 9.50. The van der Waals surface area contributed by atoms with Gasteiger partial charge in [-0.05, 0) is 62.6 Å². The van der Waals surface area contributed by atoms with E-state index in [2.05, 4.69) is 38.2 Å². The van der Waals surface area contributed by atoms with Crippen molar-refractivity contribution >= 4 is 21.6 Å². The summed E-state index contributed by atoms with van der Waals surface area (Å²) in [5.41, 5.74) is 0.691. The molecule has 1 aromatic rings. The monoisotopic (exact) mass is 342 g/mol. The smallest absolute Gasteiger partial charge is 0.283 e. The average molecular weight is 343 g/mol. The maximum absolute atomic E-state index is 12.1. The summed E-state index contributed by atoms with van der Waals surface area (Å²) in [5, 5.41) is 7.54. The molecule has 1 unspecified atom stereocenters. The number of anilines is 1. The van der Waals surface area contributed by atoms with Crippen LogP contribution >= 0.6 is 15.9 Å². The van der Waals surface area contributed by atoms with E-state index in [1.807, 2.05) is 13.8 Å². The van der Waals surface area contributed by atoms with Crippen molar-refractivity contribution in [1.82, 2.24) is 14.7 Å². The largest absolute Gasteiger partial charge is 0.381 e. The number of nitrogens with zero attached hydrogens (tertiary/aromatic N) is 3. The molecule has 112 valence electrons. The molecule has 0 radical (unpaired) electrons. The van der Waals surface area contributed by atoms with E-state index < -0.39 is 0 Å². The zero-order chi connectivity index (χ0) is 14.7. The van der Waals surface area contributed by atoms with Crippen LogP contribution in [0, 0.1) is 0 Å². The Morgan fingerprint density at radius 3 is 2.60 bits per heavy atom. The number of rotatable bonds is 5. The third-order valence-corrected chi connectivity index (χ3v) is 4.55. The molecule has 0 saturated carbocycles. The Kier molecular flexibility index (Phi) is 5.21. The fourth-order valence-corrected chi connectivity index (χ4v) is 2.93. The molecule has 0 bridgehead atoms. The topological polar surface area (TPSA) is 50.2 Å². The summed E-state index contributed by atoms with van der Waals surface area (Å²) >= 11 is 3.38. The lowest BCUT2D eigenvalue weighted by Gasteiger charge is -2.24. The summed E-state index contributed by atoms with van der Waals surface area (Å²) in [5.74, 6) is 0. The van der Waals surface area contributed by atoms with Crippen LogP contribution in [-0.4, -0.2) is 40.4 Å². The predicted octanol–water partition coefficient (Wildman–Crippen LogP) is 2.48. The highest BCUT2D eigenvalue weighted by atomic mass is 79.9. The van der Waals surface area contributed by atoms with E-state index >= 15 is 0 Å². The molecule has 5 nitrogen and oxygen atoms in total. The van der Waals surface area contributed by atoms with Crippen LogP contribution in [0.2, 0.25) is 0 Å². The first kappa shape index (κ1) is 15.5. The molecule has 1 fully saturated rings. The number of halogens is 1. The van der Waals surface area contributed by atoms with E-state index in [0.717, 1.165) is 12.2 Å². The highest BCUT2D eigenvalue weighted by Crippen LogP contribution is 2.18. The lowest BCUT2D eigenvalue weighted by atomic mass is 10.3. The summed E-state index contributed by atoms with van der Waals surface area (Å²) in [6.07, 6.45) is 4.31. The number of nitrogens with one attached hydrogen (secondary N) is 1. The van der Waals surface area contributed by atoms with E-state index in [1.165, 1.54) is 30.6 Å². The van der Waals surface area contributed by atoms with Gasteiger partial charge in [-0.25, -0.2) is 4.68 Å². The molecule has 1 saturated heterocycles. The van der Waals surface area contributed by atoms with Crippen molar-refractivity contribution in [2.24, 2.45) is 0 Å². The fraction of sp³-hybridized carbons (Fsp3) is 0.714. The van der Waals surface area contributed by atoms with Crippen LogP contribution in [0.15, 0.2) is 15.5 Å². The Hall–Kier alpha value is -0.880. The Balaban J connectivity index is 2.03. The van der Waals surface area contributed by atoms with Gasteiger partial charge in [0.25, 0.3) is 5.56 Å². The van der Waals surface area contributed by atoms with Gasteiger partial charge in [0.2, 0.25) is 0 Å². The molecule has 1 aromatic heterocycles. The van der Waals surface area contributed by atoms with Gasteiger partial charge >= 0.3 is 0 Å². The quantitative estimate of drug-likeness (QED) is 0.892. The summed E-state index contributed by atoms with van der Waals surface area (Å²) in [6.45, 7) is 9.29. The molecule has 1 aliphatic heterocycles. The molecular formula is C14H23BrN4O. The van der Waals surface area contributed by atoms with E-state index in [-0.39, 0.29) is 11.6 Å². The molecule has 0 amide bonds. The molecule has 6 heteroatoms. The Labute approximate surface area is 128 Å². The first-order valence-electron chi connectivity index (χ1n) is 7.26. The second kappa shape index (κ2) is 6.72. The van der Waals surface area contributed by atoms with E-state index in [4.69, 9.17) is 0 Å². The molecule has 1 N–H and O–H groups in total. The van der Waals surface area contributed by atoms with Gasteiger partial charge in [-0.15, -0.1) is 0 Å². The normalized spacial score (nSPS) is 17.6. The number of aromatic nitrogens is 2. The Morgan fingerprint density at radius 1 is 1.35 bits per heavy atom. The molecule has 1 atom stereocenters. The van der Waals surface area contributed by atoms with Crippen molar-refractivity contribution < 1.29 is 0 Å². The second-order valence-corrected chi connectivity index (χ2v) is 6.48. The highest BCUT2D eigenvalue weighted by molar-refractivity contribution is 9.10. The van der Waals surface area contributed by atoms with E-state index in [1.54, 1.807) is 6.20 Å². The van der Waals surface area contributed by atoms with Crippen LogP contribution in [0.4, 0.5) is 5.69 Å². The maximum atomic E-state index is 12.1. The fourth-order valence-electron chi connectivity index (χ4n) is 2.51. The summed E-state index contributed by atoms with van der Waals surface area (Å²) in [6, 6.07) is 0.535. The molecule has 1 aliphatic rings. The lowest BCUT2D eigenvalue weighted by Crippen LogP contribution is -2.36. The molecule has 2 heterocycles. The maximum Gasteiger partial charge on any atom is 0.283 e. The van der Waals surface area contributed by atoms with Crippen LogP contribution in [0.1, 0.15) is 39.7 Å². The van der Waals surface area contributed by atoms with E-state index in [9.17, 15) is 4.79 Å². The predicted molar refractivity (Wildman–Crippen MR) is 85.3 cm³/mol. The van der Waals surface area contributed by atoms with Crippen molar-refractivity contribution in [3.05, 3.63) is 21.0 Å². The standard InChI is InChI=1S/C14H23BrN4O/c1-10(2)19-14(20)13(15)12(9-17-19)16-8-11(3)18-6-4-5-7-18/h9-11,16H,4-8H2,1-3H3. The van der Waals surface area contributed by atoms with Crippen LogP contribution in [0.3, 0.4) is 0 Å². The molecule has 0 aromatic carbocycles. The third kappa shape index (κ3) is 3.41. The minimum atomic E-state index is -0.0844. The van der Waals surface area contributed by atoms with E-state index in [0.29, 0.717) is 10.5 Å². The molecular weight excluding hydrogens is 320 g/mol. The number of likely N-dealkylation sites (tertiary alicyclic amines) is 1. The summed E-state index contributed by atoms with van der Waals surface area (Å²) in [4.78, 5) is 14.6. The van der Waals surface area contributed by atoms with Crippen molar-refractivity contribution in [2.75, 3.05) is 25.0 Å². The highest BCUT2D eigenvalue weighted by Gasteiger charge is 2.18. The summed E-state index contributed by atoms with van der Waals surface area (Å²) in [7, 11) is 0. The van der Waals surface area contributed by atoms with Gasteiger partial charge in [0.15, 0.2) is 0 Å². The number of hydrogen-bond acceptors (Lipinski definition) is 4. The van der Waals surface area contributed by atoms with Crippen LogP contribution in [0.25, 0.3) is 0 Å². The van der Waals surface area contributed by atoms with Gasteiger partial charge in [0.1, 0.15) is 4.47 Å². The zero-order valence-corrected chi connectivity index (χ0v) is 14.0. The van der Waals surface area contributed by atoms with Gasteiger partial charge in [0, 0.05) is 12.6 Å². The van der Waals surface area contributed by atoms with Crippen LogP contribution < -0.4 is 10.9 Å². The SMILES string of the molecule is CC(CNc1cnn(C(C)C)c(=O)c1Br)N1CCCC1. The summed E-state index contributed by atoms with van der Waals surface area (Å²) < 4.78 is 2.05. The van der Waals surface area contributed by atoms with Crippen LogP contribution in [-0.2, 0) is 0 Å². The molecule has 2 rings (SSSR count). The van der Waals surface area contributed by atoms with Crippen molar-refractivity contribution in [2.45, 2.75) is 45.7 Å². The Bertz CT molecular complexity index is 508. The molecule has 0 aliphatic carbocycles. The average Bonchev–Trinajstić information content (AvgIpc) is 2.93.